The van der Waals surface area contributed by atoms with Crippen molar-refractivity contribution in [1.82, 2.24) is 15.6 Å². The van der Waals surface area contributed by atoms with Crippen molar-refractivity contribution < 1.29 is 4.39 Å². The van der Waals surface area contributed by atoms with Crippen LogP contribution in [-0.2, 0) is 6.42 Å². The molecule has 1 heterocycles. The van der Waals surface area contributed by atoms with Crippen molar-refractivity contribution in [3.05, 3.63) is 15.6 Å². The molecule has 1 aromatic heterocycles. The minimum Gasteiger partial charge on any atom is -0.357 e. The molecule has 0 aromatic carbocycles. The minimum atomic E-state index is -0.319. The Morgan fingerprint density at radius 2 is 2.16 bits per heavy atom. The molecule has 0 aliphatic heterocycles. The van der Waals surface area contributed by atoms with Crippen molar-refractivity contribution in [1.29, 1.82) is 0 Å². The van der Waals surface area contributed by atoms with Crippen molar-refractivity contribution in [3.63, 3.8) is 0 Å². The first-order valence-corrected chi connectivity index (χ1v) is 7.50. The monoisotopic (exact) mass is 286 g/mol. The zero-order valence-electron chi connectivity index (χ0n) is 11.9. The zero-order valence-corrected chi connectivity index (χ0v) is 12.7. The van der Waals surface area contributed by atoms with Crippen LogP contribution < -0.4 is 10.6 Å². The predicted molar refractivity (Wildman–Crippen MR) is 79.9 cm³/mol. The molecule has 4 nitrogen and oxygen atoms in total. The van der Waals surface area contributed by atoms with Crippen LogP contribution in [-0.4, -0.2) is 37.3 Å². The molecule has 6 heteroatoms. The normalized spacial score (nSPS) is 11.7. The summed E-state index contributed by atoms with van der Waals surface area (Å²) in [6.45, 7) is 7.92. The molecule has 0 saturated carbocycles. The molecule has 0 amide bonds. The van der Waals surface area contributed by atoms with Crippen LogP contribution in [0.25, 0.3) is 0 Å². The Hall–Kier alpha value is -1.17. The standard InChI is InChI=1S/C13H23FN4S/c1-4-15-13(16-8-5-7-14)17-9-6-12-18-10(2)11(3)19-12/h4-9H2,1-3H3,(H2,15,16,17). The number of hydrogen-bond donors (Lipinski definition) is 2. The highest BCUT2D eigenvalue weighted by Crippen LogP contribution is 2.16. The molecule has 0 bridgehead atoms. The number of hydrogen-bond acceptors (Lipinski definition) is 3. The second kappa shape index (κ2) is 8.85. The highest BCUT2D eigenvalue weighted by molar-refractivity contribution is 7.11. The van der Waals surface area contributed by atoms with E-state index in [1.807, 2.05) is 13.8 Å². The van der Waals surface area contributed by atoms with Gasteiger partial charge in [0.05, 0.1) is 17.4 Å². The summed E-state index contributed by atoms with van der Waals surface area (Å²) in [4.78, 5) is 10.1. The lowest BCUT2D eigenvalue weighted by Crippen LogP contribution is -2.38. The van der Waals surface area contributed by atoms with Gasteiger partial charge >= 0.3 is 0 Å². The highest BCUT2D eigenvalue weighted by Gasteiger charge is 2.03. The van der Waals surface area contributed by atoms with Crippen molar-refractivity contribution >= 4 is 17.3 Å². The van der Waals surface area contributed by atoms with Crippen LogP contribution in [0.15, 0.2) is 4.99 Å². The molecule has 1 aromatic rings. The summed E-state index contributed by atoms with van der Waals surface area (Å²) in [5.74, 6) is 0.751. The van der Waals surface area contributed by atoms with Crippen molar-refractivity contribution in [3.8, 4) is 0 Å². The fourth-order valence-corrected chi connectivity index (χ4v) is 2.46. The predicted octanol–water partition coefficient (Wildman–Crippen LogP) is 2.22. The average Bonchev–Trinajstić information content (AvgIpc) is 2.69. The first kappa shape index (κ1) is 15.9. The molecule has 0 saturated heterocycles. The van der Waals surface area contributed by atoms with Crippen molar-refractivity contribution in [2.75, 3.05) is 26.3 Å². The number of nitrogens with zero attached hydrogens (tertiary/aromatic N) is 2. The molecule has 2 N–H and O–H groups in total. The Morgan fingerprint density at radius 3 is 2.74 bits per heavy atom. The Bertz CT molecular complexity index is 384. The maximum Gasteiger partial charge on any atom is 0.191 e. The van der Waals surface area contributed by atoms with Gasteiger partial charge in [-0.3, -0.25) is 9.38 Å². The van der Waals surface area contributed by atoms with E-state index in [0.29, 0.717) is 13.0 Å². The maximum absolute atomic E-state index is 12.0. The van der Waals surface area contributed by atoms with Gasteiger partial charge in [0.2, 0.25) is 0 Å². The Morgan fingerprint density at radius 1 is 1.37 bits per heavy atom. The van der Waals surface area contributed by atoms with Gasteiger partial charge in [0.25, 0.3) is 0 Å². The van der Waals surface area contributed by atoms with Gasteiger partial charge < -0.3 is 10.6 Å². The van der Waals surface area contributed by atoms with Crippen LogP contribution in [0.3, 0.4) is 0 Å². The molecule has 19 heavy (non-hydrogen) atoms. The molecule has 0 aliphatic carbocycles. The van der Waals surface area contributed by atoms with Crippen LogP contribution in [0.1, 0.15) is 28.9 Å². The van der Waals surface area contributed by atoms with Gasteiger partial charge in [-0.15, -0.1) is 11.3 Å². The van der Waals surface area contributed by atoms with E-state index >= 15 is 0 Å². The molecule has 0 spiro atoms. The van der Waals surface area contributed by atoms with Crippen LogP contribution >= 0.6 is 11.3 Å². The molecular formula is C13H23FN4S. The second-order valence-electron chi connectivity index (χ2n) is 4.23. The molecule has 0 atom stereocenters. The number of nitrogens with one attached hydrogen (secondary N) is 2. The van der Waals surface area contributed by atoms with Gasteiger partial charge in [0.1, 0.15) is 0 Å². The minimum absolute atomic E-state index is 0.319. The van der Waals surface area contributed by atoms with E-state index in [-0.39, 0.29) is 6.67 Å². The first-order chi connectivity index (χ1) is 9.17. The SMILES string of the molecule is CCNC(=NCCCF)NCCc1nc(C)c(C)s1. The molecule has 0 unspecified atom stereocenters. The van der Waals surface area contributed by atoms with E-state index in [4.69, 9.17) is 0 Å². The van der Waals surface area contributed by atoms with Crippen LogP contribution in [0.4, 0.5) is 4.39 Å². The number of alkyl halides is 1. The van der Waals surface area contributed by atoms with E-state index in [1.54, 1.807) is 11.3 Å². The number of guanidine groups is 1. The Kier molecular flexibility index (Phi) is 7.40. The Labute approximate surface area is 118 Å². The molecule has 0 radical (unpaired) electrons. The molecule has 108 valence electrons. The van der Waals surface area contributed by atoms with Gasteiger partial charge in [-0.2, -0.15) is 0 Å². The summed E-state index contributed by atoms with van der Waals surface area (Å²) in [5, 5.41) is 7.52. The lowest BCUT2D eigenvalue weighted by Gasteiger charge is -2.10. The average molecular weight is 286 g/mol. The molecule has 0 fully saturated rings. The summed E-state index contributed by atoms with van der Waals surface area (Å²) in [6.07, 6.45) is 1.36. The van der Waals surface area contributed by atoms with E-state index < -0.39 is 0 Å². The quantitative estimate of drug-likeness (QED) is 0.459. The van der Waals surface area contributed by atoms with E-state index in [1.165, 1.54) is 4.88 Å². The van der Waals surface area contributed by atoms with Gasteiger partial charge in [0.15, 0.2) is 5.96 Å². The van der Waals surface area contributed by atoms with Gasteiger partial charge in [0, 0.05) is 30.9 Å². The third-order valence-corrected chi connectivity index (χ3v) is 3.74. The van der Waals surface area contributed by atoms with E-state index in [2.05, 4.69) is 27.5 Å². The largest absolute Gasteiger partial charge is 0.357 e. The summed E-state index contributed by atoms with van der Waals surface area (Å²) < 4.78 is 12.0. The number of halogens is 1. The number of rotatable bonds is 7. The lowest BCUT2D eigenvalue weighted by atomic mass is 10.4. The molecule has 0 aliphatic rings. The fourth-order valence-electron chi connectivity index (χ4n) is 1.53. The fraction of sp³-hybridized carbons (Fsp3) is 0.692. The number of aromatic nitrogens is 1. The third kappa shape index (κ3) is 6.00. The molecule has 1 rings (SSSR count). The van der Waals surface area contributed by atoms with E-state index in [9.17, 15) is 4.39 Å². The van der Waals surface area contributed by atoms with Crippen LogP contribution in [0, 0.1) is 13.8 Å². The maximum atomic E-state index is 12.0. The van der Waals surface area contributed by atoms with Gasteiger partial charge in [-0.25, -0.2) is 4.98 Å². The van der Waals surface area contributed by atoms with E-state index in [0.717, 1.165) is 36.2 Å². The zero-order chi connectivity index (χ0) is 14.1. The summed E-state index contributed by atoms with van der Waals surface area (Å²) in [6, 6.07) is 0. The summed E-state index contributed by atoms with van der Waals surface area (Å²) in [5.41, 5.74) is 1.11. The first-order valence-electron chi connectivity index (χ1n) is 6.68. The highest BCUT2D eigenvalue weighted by atomic mass is 32.1. The number of aryl methyl sites for hydroxylation is 2. The molecular weight excluding hydrogens is 263 g/mol. The third-order valence-electron chi connectivity index (χ3n) is 2.61. The summed E-state index contributed by atoms with van der Waals surface area (Å²) >= 11 is 1.74. The Balaban J connectivity index is 2.37. The lowest BCUT2D eigenvalue weighted by molar-refractivity contribution is 0.477. The second-order valence-corrected chi connectivity index (χ2v) is 5.52. The summed E-state index contributed by atoms with van der Waals surface area (Å²) in [7, 11) is 0. The van der Waals surface area contributed by atoms with Crippen molar-refractivity contribution in [2.24, 2.45) is 4.99 Å². The van der Waals surface area contributed by atoms with Crippen LogP contribution in [0.2, 0.25) is 0 Å². The van der Waals surface area contributed by atoms with Gasteiger partial charge in [-0.1, -0.05) is 0 Å². The smallest absolute Gasteiger partial charge is 0.191 e. The van der Waals surface area contributed by atoms with Crippen LogP contribution in [0.5, 0.6) is 0 Å². The van der Waals surface area contributed by atoms with Gasteiger partial charge in [-0.05, 0) is 27.2 Å². The topological polar surface area (TPSA) is 49.3 Å². The van der Waals surface area contributed by atoms with Crippen molar-refractivity contribution in [2.45, 2.75) is 33.6 Å². The number of aliphatic imine (C=N–C) groups is 1. The number of thiazole rings is 1.